The lowest BCUT2D eigenvalue weighted by Crippen LogP contribution is -2.37. The van der Waals surface area contributed by atoms with Crippen LogP contribution in [-0.2, 0) is 11.8 Å². The van der Waals surface area contributed by atoms with Crippen LogP contribution in [0.15, 0.2) is 41.2 Å². The van der Waals surface area contributed by atoms with Gasteiger partial charge in [0.25, 0.3) is 17.2 Å². The van der Waals surface area contributed by atoms with E-state index in [1.807, 2.05) is 30.3 Å². The topological polar surface area (TPSA) is 67.5 Å². The van der Waals surface area contributed by atoms with Gasteiger partial charge in [-0.1, -0.05) is 30.3 Å². The lowest BCUT2D eigenvalue weighted by Gasteiger charge is -2.01. The number of hydrogen-bond acceptors (Lipinski definition) is 3. The van der Waals surface area contributed by atoms with Crippen LogP contribution in [0.25, 0.3) is 16.9 Å². The summed E-state index contributed by atoms with van der Waals surface area (Å²) in [7, 11) is 1.74. The fourth-order valence-electron chi connectivity index (χ4n) is 2.68. The molecule has 118 valence electrons. The number of hydrogen-bond donors (Lipinski definition) is 1. The maximum Gasteiger partial charge on any atom is 0.384 e. The predicted molar refractivity (Wildman–Crippen MR) is 85.3 cm³/mol. The number of carbonyl (C=O) groups is 1. The smallest absolute Gasteiger partial charge is 0.384 e. The van der Waals surface area contributed by atoms with E-state index in [9.17, 15) is 9.59 Å². The monoisotopic (exact) mass is 312 g/mol. The first-order valence-electron chi connectivity index (χ1n) is 7.41. The van der Waals surface area contributed by atoms with Crippen molar-refractivity contribution in [3.05, 3.63) is 58.3 Å². The summed E-state index contributed by atoms with van der Waals surface area (Å²) >= 11 is 0. The van der Waals surface area contributed by atoms with Crippen LogP contribution in [-0.4, -0.2) is 22.0 Å². The fraction of sp³-hybridized carbons (Fsp3) is 0.235. The quantitative estimate of drug-likeness (QED) is 0.590. The van der Waals surface area contributed by atoms with E-state index < -0.39 is 5.97 Å². The first kappa shape index (κ1) is 15.0. The molecule has 0 aliphatic rings. The molecule has 6 nitrogen and oxygen atoms in total. The first-order valence-corrected chi connectivity index (χ1v) is 7.41. The van der Waals surface area contributed by atoms with Crippen molar-refractivity contribution in [3.8, 4) is 11.3 Å². The lowest BCUT2D eigenvalue weighted by atomic mass is 10.1. The van der Waals surface area contributed by atoms with E-state index in [4.69, 9.17) is 4.74 Å². The second-order valence-corrected chi connectivity index (χ2v) is 5.25. The van der Waals surface area contributed by atoms with Gasteiger partial charge in [0.2, 0.25) is 0 Å². The van der Waals surface area contributed by atoms with Crippen LogP contribution in [0.5, 0.6) is 0 Å². The van der Waals surface area contributed by atoms with Crippen molar-refractivity contribution in [2.24, 2.45) is 7.05 Å². The Morgan fingerprint density at radius 3 is 2.65 bits per heavy atom. The number of imidazole rings is 1. The number of aromatic amines is 1. The standard InChI is InChI=1S/C17H17N3O3/c1-4-23-17(22)15-16-18-13(12-8-6-5-7-9-12)10-14(21)20(16)11(2)19(15)3/h5-10H,4H2,1-3H3/p+1. The zero-order chi connectivity index (χ0) is 16.6. The summed E-state index contributed by atoms with van der Waals surface area (Å²) in [6.07, 6.45) is 0. The maximum atomic E-state index is 12.5. The molecule has 23 heavy (non-hydrogen) atoms. The molecular weight excluding hydrogens is 294 g/mol. The van der Waals surface area contributed by atoms with Gasteiger partial charge in [0.15, 0.2) is 0 Å². The molecule has 6 heteroatoms. The van der Waals surface area contributed by atoms with Gasteiger partial charge in [-0.25, -0.2) is 14.2 Å². The van der Waals surface area contributed by atoms with Gasteiger partial charge in [-0.3, -0.25) is 0 Å². The minimum absolute atomic E-state index is 0.193. The SMILES string of the molecule is CCOC(=O)c1c2[nH]c(-c3ccccc3)cc(=O)n2c(C)[n+]1C. The van der Waals surface area contributed by atoms with Gasteiger partial charge in [-0.2, -0.15) is 0 Å². The molecule has 0 unspecified atom stereocenters. The number of esters is 1. The Bertz CT molecular complexity index is 939. The molecule has 0 spiro atoms. The average molecular weight is 312 g/mol. The van der Waals surface area contributed by atoms with E-state index >= 15 is 0 Å². The van der Waals surface area contributed by atoms with Crippen molar-refractivity contribution in [3.63, 3.8) is 0 Å². The van der Waals surface area contributed by atoms with Crippen molar-refractivity contribution in [1.29, 1.82) is 0 Å². The van der Waals surface area contributed by atoms with Crippen LogP contribution in [0, 0.1) is 6.92 Å². The highest BCUT2D eigenvalue weighted by Gasteiger charge is 2.30. The van der Waals surface area contributed by atoms with Crippen LogP contribution in [0.4, 0.5) is 0 Å². The first-order chi connectivity index (χ1) is 11.0. The third-order valence-corrected chi connectivity index (χ3v) is 3.89. The van der Waals surface area contributed by atoms with Crippen LogP contribution in [0.2, 0.25) is 0 Å². The number of fused-ring (bicyclic) bond motifs is 1. The van der Waals surface area contributed by atoms with E-state index in [-0.39, 0.29) is 12.2 Å². The Labute approximate surface area is 133 Å². The van der Waals surface area contributed by atoms with Gasteiger partial charge in [-0.15, -0.1) is 4.40 Å². The number of nitrogens with zero attached hydrogens (tertiary/aromatic N) is 2. The van der Waals surface area contributed by atoms with Gasteiger partial charge in [-0.05, 0) is 12.5 Å². The molecule has 2 heterocycles. The molecule has 0 radical (unpaired) electrons. The van der Waals surface area contributed by atoms with Crippen molar-refractivity contribution in [2.75, 3.05) is 6.61 Å². The molecular formula is C17H18N3O3+. The second kappa shape index (κ2) is 5.72. The van der Waals surface area contributed by atoms with Crippen molar-refractivity contribution >= 4 is 11.6 Å². The maximum absolute atomic E-state index is 12.5. The molecule has 0 bridgehead atoms. The number of benzene rings is 1. The zero-order valence-corrected chi connectivity index (χ0v) is 13.3. The third-order valence-electron chi connectivity index (χ3n) is 3.89. The molecule has 0 fully saturated rings. The summed E-state index contributed by atoms with van der Waals surface area (Å²) in [5, 5.41) is 0. The van der Waals surface area contributed by atoms with E-state index in [1.54, 1.807) is 25.5 Å². The Kier molecular flexibility index (Phi) is 3.73. The number of rotatable bonds is 3. The number of carbonyl (C=O) groups excluding carboxylic acids is 1. The minimum atomic E-state index is -0.457. The summed E-state index contributed by atoms with van der Waals surface area (Å²) < 4.78 is 8.27. The molecule has 1 N–H and O–H groups in total. The highest BCUT2D eigenvalue weighted by Crippen LogP contribution is 2.17. The largest absolute Gasteiger partial charge is 0.460 e. The van der Waals surface area contributed by atoms with Crippen LogP contribution in [0.1, 0.15) is 23.2 Å². The molecule has 0 aliphatic heterocycles. The second-order valence-electron chi connectivity index (χ2n) is 5.25. The number of ether oxygens (including phenoxy) is 1. The summed E-state index contributed by atoms with van der Waals surface area (Å²) in [4.78, 5) is 28.0. The van der Waals surface area contributed by atoms with Crippen molar-refractivity contribution < 1.29 is 14.1 Å². The van der Waals surface area contributed by atoms with Crippen LogP contribution >= 0.6 is 0 Å². The summed E-state index contributed by atoms with van der Waals surface area (Å²) in [6, 6.07) is 11.0. The normalized spacial score (nSPS) is 10.9. The van der Waals surface area contributed by atoms with Gasteiger partial charge >= 0.3 is 11.5 Å². The lowest BCUT2D eigenvalue weighted by molar-refractivity contribution is -0.678. The highest BCUT2D eigenvalue weighted by atomic mass is 16.5. The minimum Gasteiger partial charge on any atom is -0.460 e. The molecule has 0 aliphatic carbocycles. The third kappa shape index (κ3) is 2.42. The Morgan fingerprint density at radius 2 is 2.00 bits per heavy atom. The Morgan fingerprint density at radius 1 is 1.30 bits per heavy atom. The van der Waals surface area contributed by atoms with E-state index in [0.717, 1.165) is 5.56 Å². The molecule has 0 saturated carbocycles. The highest BCUT2D eigenvalue weighted by molar-refractivity contribution is 5.92. The number of nitrogens with one attached hydrogen (secondary N) is 1. The molecule has 3 aromatic rings. The molecule has 0 amide bonds. The summed E-state index contributed by atoms with van der Waals surface area (Å²) in [5.41, 5.74) is 2.12. The van der Waals surface area contributed by atoms with Crippen molar-refractivity contribution in [1.82, 2.24) is 9.38 Å². The van der Waals surface area contributed by atoms with E-state index in [2.05, 4.69) is 4.98 Å². The zero-order valence-electron chi connectivity index (χ0n) is 13.3. The number of aryl methyl sites for hydroxylation is 1. The molecule has 3 rings (SSSR count). The van der Waals surface area contributed by atoms with Crippen molar-refractivity contribution in [2.45, 2.75) is 13.8 Å². The van der Waals surface area contributed by atoms with Gasteiger partial charge in [0.05, 0.1) is 25.4 Å². The van der Waals surface area contributed by atoms with Gasteiger partial charge < -0.3 is 9.72 Å². The molecule has 1 aromatic carbocycles. The predicted octanol–water partition coefficient (Wildman–Crippen LogP) is 1.60. The number of H-pyrrole nitrogens is 1. The fourth-order valence-corrected chi connectivity index (χ4v) is 2.68. The number of aromatic nitrogens is 3. The Hall–Kier alpha value is -2.89. The Balaban J connectivity index is 2.33. The molecule has 0 saturated heterocycles. The van der Waals surface area contributed by atoms with Gasteiger partial charge in [0.1, 0.15) is 0 Å². The van der Waals surface area contributed by atoms with E-state index in [1.165, 1.54) is 10.5 Å². The summed E-state index contributed by atoms with van der Waals surface area (Å²) in [6.45, 7) is 3.81. The molecule has 2 aromatic heterocycles. The summed E-state index contributed by atoms with van der Waals surface area (Å²) in [5.74, 6) is 0.199. The molecule has 0 atom stereocenters. The van der Waals surface area contributed by atoms with Crippen LogP contribution < -0.4 is 10.1 Å². The average Bonchev–Trinajstić information content (AvgIpc) is 2.80. The van der Waals surface area contributed by atoms with Crippen LogP contribution in [0.3, 0.4) is 0 Å². The van der Waals surface area contributed by atoms with Gasteiger partial charge in [0, 0.05) is 6.92 Å². The van der Waals surface area contributed by atoms with E-state index in [0.29, 0.717) is 22.9 Å².